The van der Waals surface area contributed by atoms with Crippen molar-refractivity contribution in [1.82, 2.24) is 24.5 Å². The molecule has 26 heavy (non-hydrogen) atoms. The second-order valence-corrected chi connectivity index (χ2v) is 8.05. The first-order valence-electron chi connectivity index (χ1n) is 9.11. The molecular weight excluding hydrogens is 350 g/mol. The predicted octanol–water partition coefficient (Wildman–Crippen LogP) is 2.23. The lowest BCUT2D eigenvalue weighted by atomic mass is 9.89. The summed E-state index contributed by atoms with van der Waals surface area (Å²) >= 11 is 1.75. The van der Waals surface area contributed by atoms with Crippen LogP contribution in [0.1, 0.15) is 47.2 Å². The number of thiophene rings is 1. The van der Waals surface area contributed by atoms with Crippen LogP contribution < -0.4 is 0 Å². The van der Waals surface area contributed by atoms with Crippen LogP contribution in [0.2, 0.25) is 0 Å². The highest BCUT2D eigenvalue weighted by atomic mass is 32.1. The van der Waals surface area contributed by atoms with E-state index in [2.05, 4.69) is 17.0 Å². The van der Waals surface area contributed by atoms with E-state index in [9.17, 15) is 4.79 Å². The Hall–Kier alpha value is -2.06. The third-order valence-electron chi connectivity index (χ3n) is 5.12. The number of aryl methyl sites for hydroxylation is 2. The first-order valence-corrected chi connectivity index (χ1v) is 9.92. The van der Waals surface area contributed by atoms with Crippen molar-refractivity contribution < 1.29 is 9.90 Å². The molecule has 0 spiro atoms. The van der Waals surface area contributed by atoms with E-state index in [-0.39, 0.29) is 24.9 Å². The maximum absolute atomic E-state index is 12.7. The monoisotopic (exact) mass is 373 g/mol. The van der Waals surface area contributed by atoms with Crippen LogP contribution in [0.4, 0.5) is 0 Å². The molecule has 0 aliphatic heterocycles. The molecule has 1 unspecified atom stereocenters. The van der Waals surface area contributed by atoms with Crippen molar-refractivity contribution in [3.8, 4) is 0 Å². The topological polar surface area (TPSA) is 83.6 Å². The zero-order valence-corrected chi connectivity index (χ0v) is 16.1. The van der Waals surface area contributed by atoms with E-state index in [0.717, 1.165) is 34.5 Å². The molecular formula is C18H23N5O2S. The number of rotatable bonds is 4. The zero-order chi connectivity index (χ0) is 18.4. The van der Waals surface area contributed by atoms with Gasteiger partial charge in [0.05, 0.1) is 12.0 Å². The molecule has 0 saturated heterocycles. The molecule has 3 aromatic heterocycles. The summed E-state index contributed by atoms with van der Waals surface area (Å²) in [5, 5.41) is 14.7. The van der Waals surface area contributed by atoms with Gasteiger partial charge in [-0.2, -0.15) is 4.52 Å². The molecule has 0 saturated carbocycles. The molecule has 1 aliphatic carbocycles. The summed E-state index contributed by atoms with van der Waals surface area (Å²) in [7, 11) is 0. The molecule has 0 bridgehead atoms. The number of amides is 1. The van der Waals surface area contributed by atoms with Gasteiger partial charge < -0.3 is 10.0 Å². The van der Waals surface area contributed by atoms with Gasteiger partial charge in [0.2, 0.25) is 5.82 Å². The van der Waals surface area contributed by atoms with Crippen LogP contribution in [0.5, 0.6) is 0 Å². The molecule has 0 aromatic carbocycles. The molecule has 1 amide bonds. The van der Waals surface area contributed by atoms with Crippen LogP contribution in [0.25, 0.3) is 15.9 Å². The van der Waals surface area contributed by atoms with E-state index < -0.39 is 0 Å². The standard InChI is InChI=1S/C18H23N5O2S/c1-4-22(7-8-24)18(25)15-20-16-14-12-9-10(2)5-6-13(12)26-17(14)19-11(3)23(16)21-15/h10,24H,4-9H2,1-3H3. The quantitative estimate of drug-likeness (QED) is 0.758. The molecule has 8 heteroatoms. The Morgan fingerprint density at radius 2 is 2.23 bits per heavy atom. The van der Waals surface area contributed by atoms with E-state index in [0.29, 0.717) is 12.5 Å². The predicted molar refractivity (Wildman–Crippen MR) is 101 cm³/mol. The molecule has 0 fully saturated rings. The summed E-state index contributed by atoms with van der Waals surface area (Å²) in [5.41, 5.74) is 2.05. The van der Waals surface area contributed by atoms with E-state index in [1.54, 1.807) is 20.8 Å². The molecule has 1 atom stereocenters. The number of likely N-dealkylation sites (N-methyl/N-ethyl adjacent to an activating group) is 1. The van der Waals surface area contributed by atoms with Crippen molar-refractivity contribution in [3.05, 3.63) is 22.1 Å². The number of hydrogen-bond donors (Lipinski definition) is 1. The van der Waals surface area contributed by atoms with Crippen molar-refractivity contribution >= 4 is 33.1 Å². The van der Waals surface area contributed by atoms with Gasteiger partial charge in [0.25, 0.3) is 5.91 Å². The Bertz CT molecular complexity index is 993. The van der Waals surface area contributed by atoms with E-state index in [4.69, 9.17) is 10.1 Å². The Kier molecular flexibility index (Phi) is 4.40. The highest BCUT2D eigenvalue weighted by molar-refractivity contribution is 7.19. The minimum absolute atomic E-state index is 0.0757. The van der Waals surface area contributed by atoms with Crippen LogP contribution >= 0.6 is 11.3 Å². The summed E-state index contributed by atoms with van der Waals surface area (Å²) in [4.78, 5) is 26.0. The minimum Gasteiger partial charge on any atom is -0.395 e. The Morgan fingerprint density at radius 3 is 2.96 bits per heavy atom. The number of aliphatic hydroxyl groups excluding tert-OH is 1. The third kappa shape index (κ3) is 2.68. The minimum atomic E-state index is -0.254. The fourth-order valence-electron chi connectivity index (χ4n) is 3.70. The van der Waals surface area contributed by atoms with E-state index >= 15 is 0 Å². The number of aromatic nitrogens is 4. The normalized spacial score (nSPS) is 17.0. The maximum Gasteiger partial charge on any atom is 0.293 e. The molecule has 138 valence electrons. The fourth-order valence-corrected chi connectivity index (χ4v) is 4.96. The van der Waals surface area contributed by atoms with Gasteiger partial charge in [0.15, 0.2) is 5.65 Å². The average molecular weight is 373 g/mol. The SMILES string of the molecule is CCN(CCO)C(=O)c1nc2c3c4c(sc3nc(C)n2n1)CCC(C)C4. The summed E-state index contributed by atoms with van der Waals surface area (Å²) in [6, 6.07) is 0. The second-order valence-electron chi connectivity index (χ2n) is 6.97. The Morgan fingerprint density at radius 1 is 1.42 bits per heavy atom. The van der Waals surface area contributed by atoms with Crippen LogP contribution in [0.3, 0.4) is 0 Å². The first-order chi connectivity index (χ1) is 12.5. The van der Waals surface area contributed by atoms with Crippen molar-refractivity contribution in [3.63, 3.8) is 0 Å². The van der Waals surface area contributed by atoms with Gasteiger partial charge in [-0.25, -0.2) is 9.97 Å². The highest BCUT2D eigenvalue weighted by Gasteiger charge is 2.26. The summed E-state index contributed by atoms with van der Waals surface area (Å²) in [5.74, 6) is 1.29. The number of carbonyl (C=O) groups excluding carboxylic acids is 1. The van der Waals surface area contributed by atoms with Crippen LogP contribution in [-0.2, 0) is 12.8 Å². The van der Waals surface area contributed by atoms with Gasteiger partial charge in [-0.15, -0.1) is 16.4 Å². The molecule has 3 aromatic rings. The summed E-state index contributed by atoms with van der Waals surface area (Å²) < 4.78 is 1.69. The lowest BCUT2D eigenvalue weighted by molar-refractivity contribution is 0.0720. The van der Waals surface area contributed by atoms with Gasteiger partial charge in [-0.05, 0) is 44.6 Å². The molecule has 3 heterocycles. The van der Waals surface area contributed by atoms with Gasteiger partial charge in [0.1, 0.15) is 10.7 Å². The average Bonchev–Trinajstić information content (AvgIpc) is 3.20. The number of aliphatic hydroxyl groups is 1. The van der Waals surface area contributed by atoms with Crippen LogP contribution in [0.15, 0.2) is 0 Å². The largest absolute Gasteiger partial charge is 0.395 e. The van der Waals surface area contributed by atoms with Gasteiger partial charge >= 0.3 is 0 Å². The van der Waals surface area contributed by atoms with Gasteiger partial charge in [0, 0.05) is 18.0 Å². The third-order valence-corrected chi connectivity index (χ3v) is 6.31. The molecule has 1 N–H and O–H groups in total. The number of carbonyl (C=O) groups is 1. The van der Waals surface area contributed by atoms with Crippen LogP contribution in [0, 0.1) is 12.8 Å². The molecule has 0 radical (unpaired) electrons. The van der Waals surface area contributed by atoms with Crippen molar-refractivity contribution in [1.29, 1.82) is 0 Å². The Labute approximate surface area is 155 Å². The smallest absolute Gasteiger partial charge is 0.293 e. The lowest BCUT2D eigenvalue weighted by Gasteiger charge is -2.17. The second kappa shape index (κ2) is 6.59. The molecule has 7 nitrogen and oxygen atoms in total. The maximum atomic E-state index is 12.7. The number of nitrogens with zero attached hydrogens (tertiary/aromatic N) is 5. The van der Waals surface area contributed by atoms with E-state index in [1.807, 2.05) is 13.8 Å². The molecule has 4 rings (SSSR count). The summed E-state index contributed by atoms with van der Waals surface area (Å²) in [6.45, 7) is 6.76. The number of hydrogen-bond acceptors (Lipinski definition) is 6. The summed E-state index contributed by atoms with van der Waals surface area (Å²) in [6.07, 6.45) is 3.32. The van der Waals surface area contributed by atoms with Crippen molar-refractivity contribution in [2.45, 2.75) is 40.0 Å². The van der Waals surface area contributed by atoms with Crippen molar-refractivity contribution in [2.24, 2.45) is 5.92 Å². The van der Waals surface area contributed by atoms with Crippen molar-refractivity contribution in [2.75, 3.05) is 19.7 Å². The highest BCUT2D eigenvalue weighted by Crippen LogP contribution is 2.39. The zero-order valence-electron chi connectivity index (χ0n) is 15.3. The van der Waals surface area contributed by atoms with Crippen LogP contribution in [-0.4, -0.2) is 55.2 Å². The van der Waals surface area contributed by atoms with E-state index in [1.165, 1.54) is 16.9 Å². The first kappa shape index (κ1) is 17.4. The lowest BCUT2D eigenvalue weighted by Crippen LogP contribution is -2.34. The number of fused-ring (bicyclic) bond motifs is 5. The molecule has 1 aliphatic rings. The fraction of sp³-hybridized carbons (Fsp3) is 0.556. The van der Waals surface area contributed by atoms with Gasteiger partial charge in [-0.1, -0.05) is 6.92 Å². The Balaban J connectivity index is 1.89. The van der Waals surface area contributed by atoms with Gasteiger partial charge in [-0.3, -0.25) is 4.79 Å².